The molecule has 2 saturated heterocycles. The van der Waals surface area contributed by atoms with E-state index in [1.54, 1.807) is 0 Å². The van der Waals surface area contributed by atoms with Gasteiger partial charge in [0.2, 0.25) is 0 Å². The molecule has 0 amide bonds. The van der Waals surface area contributed by atoms with Crippen LogP contribution in [0.1, 0.15) is 24.1 Å². The molecule has 6 heteroatoms. The average molecular weight is 406 g/mol. The lowest BCUT2D eigenvalue weighted by Gasteiger charge is -2.14. The molecule has 3 N–H and O–H groups in total. The lowest BCUT2D eigenvalue weighted by molar-refractivity contribution is 0.0169. The van der Waals surface area contributed by atoms with Gasteiger partial charge in [0.05, 0.1) is 42.7 Å². The molecule has 4 atom stereocenters. The smallest absolute Gasteiger partial charge is 0.112 e. The summed E-state index contributed by atoms with van der Waals surface area (Å²) in [7, 11) is 0. The maximum absolute atomic E-state index is 9.94. The molecule has 6 rings (SSSR count). The molecule has 1 aromatic carbocycles. The average Bonchev–Trinajstić information content (AvgIpc) is 3.10. The lowest BCUT2D eigenvalue weighted by atomic mass is 9.95. The molecule has 1 unspecified atom stereocenters. The van der Waals surface area contributed by atoms with E-state index in [0.717, 1.165) is 47.2 Å². The van der Waals surface area contributed by atoms with Crippen LogP contribution in [0.4, 0.5) is 0 Å². The van der Waals surface area contributed by atoms with Crippen LogP contribution in [0.15, 0.2) is 42.5 Å². The minimum atomic E-state index is -0.509. The van der Waals surface area contributed by atoms with Crippen molar-refractivity contribution in [1.29, 1.82) is 0 Å². The molecule has 6 nitrogen and oxygen atoms in total. The molecule has 0 spiro atoms. The molecular weight excluding hydrogens is 380 g/mol. The monoisotopic (exact) mass is 406 g/mol. The Kier molecular flexibility index (Phi) is 4.25. The second-order valence-corrected chi connectivity index (χ2v) is 9.07. The number of nitrogens with one attached hydrogen (secondary N) is 1. The van der Waals surface area contributed by atoms with Crippen molar-refractivity contribution < 1.29 is 19.7 Å². The van der Waals surface area contributed by atoms with Gasteiger partial charge in [-0.2, -0.15) is 0 Å². The zero-order valence-corrected chi connectivity index (χ0v) is 16.8. The highest BCUT2D eigenvalue weighted by Crippen LogP contribution is 2.47. The van der Waals surface area contributed by atoms with E-state index < -0.39 is 6.10 Å². The van der Waals surface area contributed by atoms with Crippen LogP contribution in [0.3, 0.4) is 0 Å². The van der Waals surface area contributed by atoms with Crippen LogP contribution in [0.25, 0.3) is 22.3 Å². The van der Waals surface area contributed by atoms with E-state index in [1.807, 2.05) is 6.07 Å². The molecule has 1 aliphatic carbocycles. The molecule has 1 saturated carbocycles. The van der Waals surface area contributed by atoms with E-state index in [9.17, 15) is 10.2 Å². The molecule has 0 radical (unpaired) electrons. The summed E-state index contributed by atoms with van der Waals surface area (Å²) in [6.07, 6.45) is 2.23. The van der Waals surface area contributed by atoms with Crippen LogP contribution in [-0.4, -0.2) is 58.3 Å². The largest absolute Gasteiger partial charge is 0.395 e. The Hall–Kier alpha value is -2.25. The van der Waals surface area contributed by atoms with E-state index >= 15 is 0 Å². The van der Waals surface area contributed by atoms with Gasteiger partial charge in [-0.3, -0.25) is 0 Å². The highest BCUT2D eigenvalue weighted by molar-refractivity contribution is 5.79. The van der Waals surface area contributed by atoms with Crippen LogP contribution in [-0.2, 0) is 21.3 Å². The van der Waals surface area contributed by atoms with E-state index in [0.29, 0.717) is 13.2 Å². The van der Waals surface area contributed by atoms with Gasteiger partial charge in [-0.1, -0.05) is 24.3 Å². The number of aromatic amines is 1. The lowest BCUT2D eigenvalue weighted by Crippen LogP contribution is -2.29. The van der Waals surface area contributed by atoms with Gasteiger partial charge in [-0.25, -0.2) is 4.98 Å². The summed E-state index contributed by atoms with van der Waals surface area (Å²) in [4.78, 5) is 8.34. The van der Waals surface area contributed by atoms with Crippen LogP contribution in [0.2, 0.25) is 0 Å². The van der Waals surface area contributed by atoms with E-state index in [2.05, 4.69) is 41.4 Å². The number of benzene rings is 1. The van der Waals surface area contributed by atoms with Crippen molar-refractivity contribution in [3.8, 4) is 11.3 Å². The maximum atomic E-state index is 9.94. The van der Waals surface area contributed by atoms with Crippen molar-refractivity contribution >= 4 is 11.0 Å². The molecule has 2 aliphatic heterocycles. The summed E-state index contributed by atoms with van der Waals surface area (Å²) in [6.45, 7) is 1.20. The maximum Gasteiger partial charge on any atom is 0.112 e. The summed E-state index contributed by atoms with van der Waals surface area (Å²) in [5, 5.41) is 19.6. The van der Waals surface area contributed by atoms with Gasteiger partial charge in [-0.15, -0.1) is 0 Å². The molecular formula is C24H26N2O4. The first-order valence-corrected chi connectivity index (χ1v) is 10.8. The van der Waals surface area contributed by atoms with E-state index in [-0.39, 0.29) is 30.1 Å². The Labute approximate surface area is 174 Å². The molecule has 30 heavy (non-hydrogen) atoms. The quantitative estimate of drug-likeness (QED) is 0.606. The number of aromatic nitrogens is 2. The van der Waals surface area contributed by atoms with Gasteiger partial charge < -0.3 is 24.7 Å². The second kappa shape index (κ2) is 6.89. The fourth-order valence-electron chi connectivity index (χ4n) is 5.03. The van der Waals surface area contributed by atoms with Crippen molar-refractivity contribution in [3.05, 3.63) is 53.7 Å². The minimum Gasteiger partial charge on any atom is -0.395 e. The van der Waals surface area contributed by atoms with Gasteiger partial charge in [0.25, 0.3) is 0 Å². The number of hydrogen-bond acceptors (Lipinski definition) is 5. The summed E-state index contributed by atoms with van der Waals surface area (Å²) >= 11 is 0. The second-order valence-electron chi connectivity index (χ2n) is 9.07. The number of rotatable bonds is 5. The predicted molar refractivity (Wildman–Crippen MR) is 112 cm³/mol. The summed E-state index contributed by atoms with van der Waals surface area (Å²) < 4.78 is 11.5. The number of pyridine rings is 1. The normalized spacial score (nSPS) is 29.4. The van der Waals surface area contributed by atoms with Crippen molar-refractivity contribution in [2.45, 2.75) is 43.0 Å². The molecule has 4 heterocycles. The number of fused-ring (bicyclic) bond motifs is 2. The zero-order valence-electron chi connectivity index (χ0n) is 16.8. The first-order chi connectivity index (χ1) is 14.6. The Morgan fingerprint density at radius 2 is 1.83 bits per heavy atom. The third-order valence-corrected chi connectivity index (χ3v) is 7.09. The number of H-pyrrole nitrogens is 1. The number of nitrogens with zero attached hydrogens (tertiary/aromatic N) is 1. The van der Waals surface area contributed by atoms with E-state index in [1.165, 1.54) is 5.56 Å². The first kappa shape index (κ1) is 18.5. The Balaban J connectivity index is 1.22. The number of hydrogen-bond donors (Lipinski definition) is 3. The zero-order chi connectivity index (χ0) is 20.3. The van der Waals surface area contributed by atoms with Crippen molar-refractivity contribution in [1.82, 2.24) is 9.97 Å². The van der Waals surface area contributed by atoms with Crippen molar-refractivity contribution in [2.75, 3.05) is 19.8 Å². The SMILES string of the molecule is OCC1(c2ccc(-c3ccc4[nH]c(CC5CO[C@@H]6[C@H](O)CO[C@H]56)cc4n3)cc2)CC1. The van der Waals surface area contributed by atoms with Crippen molar-refractivity contribution in [2.24, 2.45) is 5.92 Å². The van der Waals surface area contributed by atoms with Crippen LogP contribution < -0.4 is 0 Å². The molecule has 3 fully saturated rings. The van der Waals surface area contributed by atoms with Gasteiger partial charge in [0.15, 0.2) is 0 Å². The standard InChI is InChI=1S/C24H26N2O4/c27-13-24(7-8-24)16-3-1-14(2-4-16)18-5-6-19-20(26-18)10-17(25-19)9-15-11-29-23-21(28)12-30-22(15)23/h1-6,10,15,21-23,25,27-28H,7-9,11-13H2/t15?,21-,22-,23-/m1/s1. The third-order valence-electron chi connectivity index (χ3n) is 7.09. The Bertz CT molecular complexity index is 1070. The summed E-state index contributed by atoms with van der Waals surface area (Å²) in [6, 6.07) is 14.7. The number of aliphatic hydroxyl groups is 2. The summed E-state index contributed by atoms with van der Waals surface area (Å²) in [5.74, 6) is 0.244. The molecule has 2 aromatic heterocycles. The fourth-order valence-corrected chi connectivity index (χ4v) is 5.03. The Morgan fingerprint density at radius 3 is 2.60 bits per heavy atom. The minimum absolute atomic E-state index is 0.00646. The molecule has 0 bridgehead atoms. The van der Waals surface area contributed by atoms with E-state index in [4.69, 9.17) is 14.5 Å². The predicted octanol–water partition coefficient (Wildman–Crippen LogP) is 2.57. The topological polar surface area (TPSA) is 87.6 Å². The van der Waals surface area contributed by atoms with Crippen LogP contribution >= 0.6 is 0 Å². The van der Waals surface area contributed by atoms with Gasteiger partial charge in [-0.05, 0) is 43.0 Å². The number of ether oxygens (including phenoxy) is 2. The Morgan fingerprint density at radius 1 is 1.03 bits per heavy atom. The fraction of sp³-hybridized carbons (Fsp3) is 0.458. The first-order valence-electron chi connectivity index (χ1n) is 10.8. The van der Waals surface area contributed by atoms with Gasteiger partial charge in [0.1, 0.15) is 12.2 Å². The molecule has 156 valence electrons. The van der Waals surface area contributed by atoms with Crippen LogP contribution in [0.5, 0.6) is 0 Å². The highest BCUT2D eigenvalue weighted by Gasteiger charge is 2.47. The van der Waals surface area contributed by atoms with Crippen LogP contribution in [0, 0.1) is 5.92 Å². The van der Waals surface area contributed by atoms with Gasteiger partial charge >= 0.3 is 0 Å². The van der Waals surface area contributed by atoms with Gasteiger partial charge in [0, 0.05) is 22.6 Å². The third kappa shape index (κ3) is 2.98. The highest BCUT2D eigenvalue weighted by atomic mass is 16.6. The summed E-state index contributed by atoms with van der Waals surface area (Å²) in [5.41, 5.74) is 6.32. The number of aliphatic hydroxyl groups excluding tert-OH is 2. The van der Waals surface area contributed by atoms with Crippen molar-refractivity contribution in [3.63, 3.8) is 0 Å². The molecule has 3 aliphatic rings. The molecule has 3 aromatic rings.